The first-order chi connectivity index (χ1) is 15.0. The number of aromatic nitrogens is 2. The zero-order valence-electron chi connectivity index (χ0n) is 18.1. The van der Waals surface area contributed by atoms with Crippen LogP contribution in [0.5, 0.6) is 0 Å². The van der Waals surface area contributed by atoms with Crippen molar-refractivity contribution in [2.24, 2.45) is 0 Å². The molecule has 3 aromatic rings. The van der Waals surface area contributed by atoms with Gasteiger partial charge in [0.1, 0.15) is 0 Å². The molecule has 3 rings (SSSR count). The number of imidazole rings is 1. The Morgan fingerprint density at radius 1 is 1.06 bits per heavy atom. The lowest BCUT2D eigenvalue weighted by molar-refractivity contribution is -0.113. The maximum atomic E-state index is 12.5. The van der Waals surface area contributed by atoms with Crippen molar-refractivity contribution >= 4 is 29.3 Å². The Hall–Kier alpha value is -3.06. The van der Waals surface area contributed by atoms with E-state index in [4.69, 9.17) is 0 Å². The van der Waals surface area contributed by atoms with E-state index < -0.39 is 0 Å². The van der Waals surface area contributed by atoms with Crippen LogP contribution in [-0.4, -0.2) is 45.5 Å². The normalized spacial score (nSPS) is 10.7. The molecule has 2 amide bonds. The summed E-state index contributed by atoms with van der Waals surface area (Å²) in [6.07, 6.45) is 0.753. The molecule has 0 unspecified atom stereocenters. The summed E-state index contributed by atoms with van der Waals surface area (Å²) in [5.74, 6) is 0.0509. The predicted molar refractivity (Wildman–Crippen MR) is 126 cm³/mol. The summed E-state index contributed by atoms with van der Waals surface area (Å²) in [4.78, 5) is 34.6. The highest BCUT2D eigenvalue weighted by atomic mass is 32.2. The molecular formula is C24H28N4O2S. The van der Waals surface area contributed by atoms with Crippen LogP contribution in [0.4, 0.5) is 5.69 Å². The van der Waals surface area contributed by atoms with E-state index in [0.29, 0.717) is 24.3 Å². The summed E-state index contributed by atoms with van der Waals surface area (Å²) in [6, 6.07) is 17.2. The average Bonchev–Trinajstić information content (AvgIpc) is 3.13. The van der Waals surface area contributed by atoms with Gasteiger partial charge in [0.05, 0.1) is 11.4 Å². The molecule has 0 atom stereocenters. The number of hydrogen-bond donors (Lipinski definition) is 2. The molecule has 0 aliphatic heterocycles. The third-order valence-corrected chi connectivity index (χ3v) is 5.84. The molecule has 0 fully saturated rings. The number of aryl methyl sites for hydroxylation is 1. The fraction of sp³-hybridized carbons (Fsp3) is 0.292. The van der Waals surface area contributed by atoms with Gasteiger partial charge in [0.15, 0.2) is 5.16 Å². The molecule has 0 aliphatic carbocycles. The molecular weight excluding hydrogens is 408 g/mol. The van der Waals surface area contributed by atoms with Crippen molar-refractivity contribution in [3.8, 4) is 0 Å². The third-order valence-electron chi connectivity index (χ3n) is 4.96. The van der Waals surface area contributed by atoms with Crippen LogP contribution in [0.3, 0.4) is 0 Å². The number of hydrogen-bond acceptors (Lipinski definition) is 4. The van der Waals surface area contributed by atoms with Crippen molar-refractivity contribution in [2.75, 3.05) is 24.2 Å². The molecule has 6 nitrogen and oxygen atoms in total. The number of nitrogens with zero attached hydrogens (tertiary/aromatic N) is 2. The summed E-state index contributed by atoms with van der Waals surface area (Å²) in [6.45, 7) is 7.19. The summed E-state index contributed by atoms with van der Waals surface area (Å²) >= 11 is 1.36. The summed E-state index contributed by atoms with van der Waals surface area (Å²) in [7, 11) is 0. The maximum absolute atomic E-state index is 12.5. The maximum Gasteiger partial charge on any atom is 0.253 e. The highest BCUT2D eigenvalue weighted by molar-refractivity contribution is 7.99. The van der Waals surface area contributed by atoms with Gasteiger partial charge in [0.2, 0.25) is 5.91 Å². The number of rotatable bonds is 9. The molecule has 31 heavy (non-hydrogen) atoms. The van der Waals surface area contributed by atoms with Gasteiger partial charge in [-0.25, -0.2) is 4.98 Å². The number of amides is 2. The highest BCUT2D eigenvalue weighted by Gasteiger charge is 2.14. The van der Waals surface area contributed by atoms with E-state index in [1.807, 2.05) is 39.0 Å². The number of benzene rings is 2. The summed E-state index contributed by atoms with van der Waals surface area (Å²) in [5.41, 5.74) is 4.38. The van der Waals surface area contributed by atoms with Crippen molar-refractivity contribution in [3.63, 3.8) is 0 Å². The number of H-pyrrole nitrogens is 1. The van der Waals surface area contributed by atoms with E-state index in [1.54, 1.807) is 29.2 Å². The summed E-state index contributed by atoms with van der Waals surface area (Å²) in [5, 5.41) is 3.60. The summed E-state index contributed by atoms with van der Waals surface area (Å²) < 4.78 is 0. The highest BCUT2D eigenvalue weighted by Crippen LogP contribution is 2.20. The molecule has 2 aromatic carbocycles. The van der Waals surface area contributed by atoms with E-state index >= 15 is 0 Å². The van der Waals surface area contributed by atoms with Crippen LogP contribution < -0.4 is 5.32 Å². The zero-order chi connectivity index (χ0) is 22.2. The second-order valence-electron chi connectivity index (χ2n) is 7.17. The Labute approximate surface area is 187 Å². The van der Waals surface area contributed by atoms with E-state index in [9.17, 15) is 9.59 Å². The van der Waals surface area contributed by atoms with Crippen LogP contribution >= 0.6 is 11.8 Å². The number of nitrogens with one attached hydrogen (secondary N) is 2. The van der Waals surface area contributed by atoms with Gasteiger partial charge in [-0.2, -0.15) is 0 Å². The fourth-order valence-corrected chi connectivity index (χ4v) is 3.99. The molecule has 2 N–H and O–H groups in total. The van der Waals surface area contributed by atoms with Gasteiger partial charge in [-0.1, -0.05) is 48.2 Å². The van der Waals surface area contributed by atoms with E-state index in [0.717, 1.165) is 23.0 Å². The van der Waals surface area contributed by atoms with Crippen LogP contribution in [0.15, 0.2) is 59.8 Å². The van der Waals surface area contributed by atoms with Crippen LogP contribution in [0.25, 0.3) is 0 Å². The fourth-order valence-electron chi connectivity index (χ4n) is 3.25. The zero-order valence-corrected chi connectivity index (χ0v) is 19.0. The van der Waals surface area contributed by atoms with Gasteiger partial charge in [0, 0.05) is 36.5 Å². The quantitative estimate of drug-likeness (QED) is 0.484. The Bertz CT molecular complexity index is 1030. The SMILES string of the molecule is CCN(CC)C(=O)c1cccc(NC(=O)CSc2nc(Cc3ccccc3)c(C)[nH]2)c1. The minimum Gasteiger partial charge on any atom is -0.339 e. The lowest BCUT2D eigenvalue weighted by Gasteiger charge is -2.19. The number of carbonyl (C=O) groups is 2. The Morgan fingerprint density at radius 3 is 2.52 bits per heavy atom. The van der Waals surface area contributed by atoms with Gasteiger partial charge in [-0.3, -0.25) is 9.59 Å². The molecule has 0 spiro atoms. The first kappa shape index (κ1) is 22.6. The number of thioether (sulfide) groups is 1. The lowest BCUT2D eigenvalue weighted by Crippen LogP contribution is -2.30. The monoisotopic (exact) mass is 436 g/mol. The smallest absolute Gasteiger partial charge is 0.253 e. The van der Waals surface area contributed by atoms with Gasteiger partial charge < -0.3 is 15.2 Å². The standard InChI is InChI=1S/C24H28N4O2S/c1-4-28(5-2)23(30)19-12-9-13-20(15-19)26-22(29)16-31-24-25-17(3)21(27-24)14-18-10-7-6-8-11-18/h6-13,15H,4-5,14,16H2,1-3H3,(H,25,27)(H,26,29). The Morgan fingerprint density at radius 2 is 1.81 bits per heavy atom. The molecule has 162 valence electrons. The Kier molecular flexibility index (Phi) is 7.89. The first-order valence-electron chi connectivity index (χ1n) is 10.4. The average molecular weight is 437 g/mol. The van der Waals surface area contributed by atoms with Crippen LogP contribution in [0.1, 0.15) is 41.2 Å². The van der Waals surface area contributed by atoms with Crippen molar-refractivity contribution in [2.45, 2.75) is 32.3 Å². The number of anilines is 1. The predicted octanol–water partition coefficient (Wildman–Crippen LogP) is 4.52. The van der Waals surface area contributed by atoms with E-state index in [-0.39, 0.29) is 17.6 Å². The van der Waals surface area contributed by atoms with Gasteiger partial charge in [-0.15, -0.1) is 0 Å². The van der Waals surface area contributed by atoms with Crippen LogP contribution in [0.2, 0.25) is 0 Å². The largest absolute Gasteiger partial charge is 0.339 e. The molecule has 0 saturated carbocycles. The Balaban J connectivity index is 1.57. The van der Waals surface area contributed by atoms with Crippen molar-refractivity contribution in [1.82, 2.24) is 14.9 Å². The first-order valence-corrected chi connectivity index (χ1v) is 11.4. The minimum atomic E-state index is -0.142. The molecule has 1 aromatic heterocycles. The number of aromatic amines is 1. The number of carbonyl (C=O) groups excluding carboxylic acids is 2. The van der Waals surface area contributed by atoms with Crippen LogP contribution in [0, 0.1) is 6.92 Å². The second-order valence-corrected chi connectivity index (χ2v) is 8.14. The second kappa shape index (κ2) is 10.8. The molecule has 7 heteroatoms. The van der Waals surface area contributed by atoms with Crippen LogP contribution in [-0.2, 0) is 11.2 Å². The lowest BCUT2D eigenvalue weighted by atomic mass is 10.1. The molecule has 0 bridgehead atoms. The van der Waals surface area contributed by atoms with Gasteiger partial charge in [-0.05, 0) is 44.5 Å². The van der Waals surface area contributed by atoms with Crippen molar-refractivity contribution in [3.05, 3.63) is 77.1 Å². The molecule has 0 saturated heterocycles. The van der Waals surface area contributed by atoms with E-state index in [1.165, 1.54) is 17.3 Å². The van der Waals surface area contributed by atoms with Crippen molar-refractivity contribution in [1.29, 1.82) is 0 Å². The third kappa shape index (κ3) is 6.21. The van der Waals surface area contributed by atoms with Crippen molar-refractivity contribution < 1.29 is 9.59 Å². The van der Waals surface area contributed by atoms with Gasteiger partial charge >= 0.3 is 0 Å². The van der Waals surface area contributed by atoms with Gasteiger partial charge in [0.25, 0.3) is 5.91 Å². The topological polar surface area (TPSA) is 78.1 Å². The molecule has 0 aliphatic rings. The minimum absolute atomic E-state index is 0.0347. The molecule has 0 radical (unpaired) electrons. The molecule has 1 heterocycles. The van der Waals surface area contributed by atoms with E-state index in [2.05, 4.69) is 27.4 Å².